The third-order valence-electron chi connectivity index (χ3n) is 1.75. The average Bonchev–Trinajstić information content (AvgIpc) is 2.46. The standard InChI is InChI=1S/C8H5F3N2/c9-6-2-1-5-4-12-13(8(10)11)7(5)3-6/h1-4,8H. The van der Waals surface area contributed by atoms with Gasteiger partial charge in [0.2, 0.25) is 0 Å². The van der Waals surface area contributed by atoms with Gasteiger partial charge in [-0.2, -0.15) is 13.9 Å². The highest BCUT2D eigenvalue weighted by molar-refractivity contribution is 5.78. The second-order valence-electron chi connectivity index (χ2n) is 2.57. The van der Waals surface area contributed by atoms with Crippen molar-refractivity contribution in [2.75, 3.05) is 0 Å². The van der Waals surface area contributed by atoms with Gasteiger partial charge in [0, 0.05) is 5.39 Å². The predicted octanol–water partition coefficient (Wildman–Crippen LogP) is 2.57. The Morgan fingerprint density at radius 3 is 2.77 bits per heavy atom. The zero-order chi connectivity index (χ0) is 9.42. The molecular weight excluding hydrogens is 181 g/mol. The molecule has 1 aromatic carbocycles. The van der Waals surface area contributed by atoms with Crippen molar-refractivity contribution in [1.29, 1.82) is 0 Å². The van der Waals surface area contributed by atoms with Crippen LogP contribution in [0.25, 0.3) is 10.9 Å². The van der Waals surface area contributed by atoms with Crippen molar-refractivity contribution in [2.24, 2.45) is 0 Å². The summed E-state index contributed by atoms with van der Waals surface area (Å²) in [5.41, 5.74) is 0.106. The van der Waals surface area contributed by atoms with Crippen LogP contribution in [0.1, 0.15) is 6.55 Å². The summed E-state index contributed by atoms with van der Waals surface area (Å²) in [4.78, 5) is 0. The molecule has 0 saturated carbocycles. The van der Waals surface area contributed by atoms with Crippen LogP contribution in [-0.2, 0) is 0 Å². The number of aromatic nitrogens is 2. The van der Waals surface area contributed by atoms with Crippen molar-refractivity contribution in [3.63, 3.8) is 0 Å². The fraction of sp³-hybridized carbons (Fsp3) is 0.125. The van der Waals surface area contributed by atoms with Gasteiger partial charge in [-0.3, -0.25) is 0 Å². The van der Waals surface area contributed by atoms with Crippen LogP contribution in [0, 0.1) is 5.82 Å². The second-order valence-corrected chi connectivity index (χ2v) is 2.57. The third-order valence-corrected chi connectivity index (χ3v) is 1.75. The zero-order valence-corrected chi connectivity index (χ0v) is 6.42. The van der Waals surface area contributed by atoms with E-state index in [0.717, 1.165) is 6.07 Å². The lowest BCUT2D eigenvalue weighted by molar-refractivity contribution is 0.0615. The molecule has 0 fully saturated rings. The Bertz CT molecular complexity index is 436. The molecule has 2 rings (SSSR count). The van der Waals surface area contributed by atoms with Crippen molar-refractivity contribution in [1.82, 2.24) is 9.78 Å². The first kappa shape index (κ1) is 8.10. The molecule has 0 saturated heterocycles. The molecule has 0 aliphatic rings. The Balaban J connectivity index is 2.71. The maximum Gasteiger partial charge on any atom is 0.333 e. The number of benzene rings is 1. The van der Waals surface area contributed by atoms with E-state index in [1.807, 2.05) is 0 Å². The first-order valence-electron chi connectivity index (χ1n) is 3.59. The van der Waals surface area contributed by atoms with Gasteiger partial charge in [0.25, 0.3) is 0 Å². The van der Waals surface area contributed by atoms with Gasteiger partial charge < -0.3 is 0 Å². The number of halogens is 3. The molecule has 0 atom stereocenters. The molecule has 0 spiro atoms. The Morgan fingerprint density at radius 2 is 2.08 bits per heavy atom. The van der Waals surface area contributed by atoms with Crippen molar-refractivity contribution in [3.05, 3.63) is 30.2 Å². The molecule has 0 N–H and O–H groups in total. The van der Waals surface area contributed by atoms with Crippen LogP contribution in [0.5, 0.6) is 0 Å². The molecule has 0 amide bonds. The molecule has 2 nitrogen and oxygen atoms in total. The third kappa shape index (κ3) is 1.26. The number of hydrogen-bond donors (Lipinski definition) is 0. The van der Waals surface area contributed by atoms with Crippen molar-refractivity contribution < 1.29 is 13.2 Å². The minimum atomic E-state index is -2.74. The predicted molar refractivity (Wildman–Crippen MR) is 40.9 cm³/mol. The van der Waals surface area contributed by atoms with Crippen LogP contribution in [0.2, 0.25) is 0 Å². The van der Waals surface area contributed by atoms with Crippen LogP contribution in [0.15, 0.2) is 24.4 Å². The van der Waals surface area contributed by atoms with E-state index in [1.165, 1.54) is 18.3 Å². The normalized spacial score (nSPS) is 11.4. The van der Waals surface area contributed by atoms with Crippen LogP contribution in [-0.4, -0.2) is 9.78 Å². The highest BCUT2D eigenvalue weighted by Gasteiger charge is 2.11. The van der Waals surface area contributed by atoms with E-state index in [-0.39, 0.29) is 5.52 Å². The van der Waals surface area contributed by atoms with Crippen LogP contribution in [0.4, 0.5) is 13.2 Å². The summed E-state index contributed by atoms with van der Waals surface area (Å²) >= 11 is 0. The minimum absolute atomic E-state index is 0.106. The molecule has 13 heavy (non-hydrogen) atoms. The van der Waals surface area contributed by atoms with Crippen LogP contribution in [0.3, 0.4) is 0 Å². The van der Waals surface area contributed by atoms with Crippen molar-refractivity contribution in [3.8, 4) is 0 Å². The Labute approximate surface area is 71.6 Å². The molecule has 0 unspecified atom stereocenters. The Kier molecular flexibility index (Phi) is 1.72. The lowest BCUT2D eigenvalue weighted by atomic mass is 10.2. The van der Waals surface area contributed by atoms with E-state index in [0.29, 0.717) is 10.1 Å². The van der Waals surface area contributed by atoms with E-state index < -0.39 is 12.4 Å². The lowest BCUT2D eigenvalue weighted by Crippen LogP contribution is -1.99. The lowest BCUT2D eigenvalue weighted by Gasteiger charge is -1.99. The summed E-state index contributed by atoms with van der Waals surface area (Å²) < 4.78 is 37.6. The average molecular weight is 186 g/mol. The first-order valence-corrected chi connectivity index (χ1v) is 3.59. The summed E-state index contributed by atoms with van der Waals surface area (Å²) in [6.45, 7) is -2.74. The summed E-state index contributed by atoms with van der Waals surface area (Å²) in [7, 11) is 0. The monoisotopic (exact) mass is 186 g/mol. The van der Waals surface area contributed by atoms with E-state index in [2.05, 4.69) is 5.10 Å². The molecule has 1 aromatic heterocycles. The first-order chi connectivity index (χ1) is 6.18. The van der Waals surface area contributed by atoms with Gasteiger partial charge >= 0.3 is 6.55 Å². The Hall–Kier alpha value is -1.52. The second kappa shape index (κ2) is 2.76. The van der Waals surface area contributed by atoms with E-state index in [1.54, 1.807) is 0 Å². The molecule has 0 bridgehead atoms. The van der Waals surface area contributed by atoms with E-state index in [9.17, 15) is 13.2 Å². The number of fused-ring (bicyclic) bond motifs is 1. The summed E-state index contributed by atoms with van der Waals surface area (Å²) in [6, 6.07) is 3.66. The maximum atomic E-state index is 12.7. The van der Waals surface area contributed by atoms with Gasteiger partial charge in [0.05, 0.1) is 11.7 Å². The van der Waals surface area contributed by atoms with E-state index >= 15 is 0 Å². The van der Waals surface area contributed by atoms with Crippen LogP contribution < -0.4 is 0 Å². The highest BCUT2D eigenvalue weighted by atomic mass is 19.3. The SMILES string of the molecule is Fc1ccc2cnn(C(F)F)c2c1. The highest BCUT2D eigenvalue weighted by Crippen LogP contribution is 2.20. The number of nitrogens with zero attached hydrogens (tertiary/aromatic N) is 2. The number of rotatable bonds is 1. The van der Waals surface area contributed by atoms with Gasteiger partial charge in [0.15, 0.2) is 0 Å². The minimum Gasteiger partial charge on any atom is -0.207 e. The summed E-state index contributed by atoms with van der Waals surface area (Å²) in [5.74, 6) is -0.546. The summed E-state index contributed by atoms with van der Waals surface area (Å²) in [6.07, 6.45) is 1.28. The molecule has 0 aliphatic carbocycles. The van der Waals surface area contributed by atoms with Gasteiger partial charge in [-0.15, -0.1) is 0 Å². The molecule has 1 heterocycles. The number of hydrogen-bond acceptors (Lipinski definition) is 1. The van der Waals surface area contributed by atoms with E-state index in [4.69, 9.17) is 0 Å². The topological polar surface area (TPSA) is 17.8 Å². The fourth-order valence-corrected chi connectivity index (χ4v) is 1.17. The van der Waals surface area contributed by atoms with Crippen LogP contribution >= 0.6 is 0 Å². The fourth-order valence-electron chi connectivity index (χ4n) is 1.17. The van der Waals surface area contributed by atoms with Gasteiger partial charge in [-0.25, -0.2) is 9.07 Å². The molecule has 2 aromatic rings. The van der Waals surface area contributed by atoms with Crippen molar-refractivity contribution in [2.45, 2.75) is 6.55 Å². The largest absolute Gasteiger partial charge is 0.333 e. The van der Waals surface area contributed by atoms with Crippen molar-refractivity contribution >= 4 is 10.9 Å². The molecular formula is C8H5F3N2. The van der Waals surface area contributed by atoms with Gasteiger partial charge in [-0.1, -0.05) is 0 Å². The smallest absolute Gasteiger partial charge is 0.207 e. The zero-order valence-electron chi connectivity index (χ0n) is 6.42. The van der Waals surface area contributed by atoms with Gasteiger partial charge in [0.1, 0.15) is 5.82 Å². The summed E-state index contributed by atoms with van der Waals surface area (Å²) in [5, 5.41) is 3.94. The molecule has 0 aliphatic heterocycles. The molecule has 5 heteroatoms. The van der Waals surface area contributed by atoms with Gasteiger partial charge in [-0.05, 0) is 18.2 Å². The molecule has 68 valence electrons. The quantitative estimate of drug-likeness (QED) is 0.669. The number of alkyl halides is 2. The maximum absolute atomic E-state index is 12.7. The Morgan fingerprint density at radius 1 is 1.31 bits per heavy atom. The molecule has 0 radical (unpaired) electrons.